The van der Waals surface area contributed by atoms with Crippen molar-refractivity contribution >= 4 is 0 Å². The molecule has 0 saturated carbocycles. The normalized spacial score (nSPS) is 31.7. The lowest BCUT2D eigenvalue weighted by atomic mass is 10.1. The van der Waals surface area contributed by atoms with Gasteiger partial charge in [0.25, 0.3) is 5.56 Å². The van der Waals surface area contributed by atoms with Crippen LogP contribution in [-0.2, 0) is 4.74 Å². The smallest absolute Gasteiger partial charge is 0.333 e. The van der Waals surface area contributed by atoms with Crippen LogP contribution < -0.4 is 11.2 Å². The Hall–Kier alpha value is -1.68. The van der Waals surface area contributed by atoms with Crippen molar-refractivity contribution in [1.29, 1.82) is 0 Å². The van der Waals surface area contributed by atoms with Crippen molar-refractivity contribution in [1.82, 2.24) is 9.55 Å². The molecule has 0 aromatic carbocycles. The van der Waals surface area contributed by atoms with E-state index < -0.39 is 48.3 Å². The van der Waals surface area contributed by atoms with Crippen LogP contribution in [0.4, 0.5) is 0 Å². The highest BCUT2D eigenvalue weighted by atomic mass is 16.6. The zero-order valence-electron chi connectivity index (χ0n) is 9.05. The first-order valence-electron chi connectivity index (χ1n) is 5.13. The molecule has 18 heavy (non-hydrogen) atoms. The highest BCUT2D eigenvalue weighted by molar-refractivity contribution is 5.08. The van der Waals surface area contributed by atoms with Gasteiger partial charge in [-0.3, -0.25) is 9.78 Å². The summed E-state index contributed by atoms with van der Waals surface area (Å²) in [4.78, 5) is 24.3. The van der Waals surface area contributed by atoms with Gasteiger partial charge in [-0.05, 0) is 0 Å². The number of H-pyrrole nitrogens is 1. The Morgan fingerprint density at radius 3 is 2.50 bits per heavy atom. The summed E-state index contributed by atoms with van der Waals surface area (Å²) in [5.74, 6) is -0.710. The summed E-state index contributed by atoms with van der Waals surface area (Å²) < 4.78 is 5.64. The van der Waals surface area contributed by atoms with Gasteiger partial charge in [0.1, 0.15) is 18.3 Å². The molecular formula is C9H12N2O7. The van der Waals surface area contributed by atoms with Gasteiger partial charge in [0.05, 0.1) is 12.7 Å². The molecule has 1 fully saturated rings. The summed E-state index contributed by atoms with van der Waals surface area (Å²) in [6, 6.07) is 0.732. The Balaban J connectivity index is 2.45. The van der Waals surface area contributed by atoms with Crippen LogP contribution in [0.5, 0.6) is 5.88 Å². The van der Waals surface area contributed by atoms with Gasteiger partial charge < -0.3 is 25.2 Å². The van der Waals surface area contributed by atoms with Crippen LogP contribution in [0, 0.1) is 0 Å². The third-order valence-corrected chi connectivity index (χ3v) is 2.73. The first kappa shape index (κ1) is 12.8. The Labute approximate surface area is 99.5 Å². The third kappa shape index (κ3) is 1.93. The molecule has 0 aliphatic carbocycles. The number of aliphatic hydroxyl groups excluding tert-OH is 3. The molecule has 1 aliphatic rings. The fourth-order valence-corrected chi connectivity index (χ4v) is 1.83. The Kier molecular flexibility index (Phi) is 3.22. The molecule has 100 valence electrons. The average Bonchev–Trinajstić information content (AvgIpc) is 2.56. The maximum absolute atomic E-state index is 11.5. The van der Waals surface area contributed by atoms with Gasteiger partial charge in [0.2, 0.25) is 5.88 Å². The number of aromatic hydroxyl groups is 1. The van der Waals surface area contributed by atoms with Crippen LogP contribution in [-0.4, -0.2) is 54.9 Å². The molecular weight excluding hydrogens is 248 g/mol. The quantitative estimate of drug-likeness (QED) is 0.377. The number of aromatic nitrogens is 2. The predicted molar refractivity (Wildman–Crippen MR) is 56.0 cm³/mol. The van der Waals surface area contributed by atoms with Crippen molar-refractivity contribution in [3.05, 3.63) is 26.9 Å². The fourth-order valence-electron chi connectivity index (χ4n) is 1.83. The maximum atomic E-state index is 11.5. The number of nitrogens with zero attached hydrogens (tertiary/aromatic N) is 1. The highest BCUT2D eigenvalue weighted by Gasteiger charge is 2.44. The number of hydrogen-bond acceptors (Lipinski definition) is 7. The number of aliphatic hydroxyl groups is 3. The van der Waals surface area contributed by atoms with Crippen LogP contribution in [0.1, 0.15) is 6.23 Å². The van der Waals surface area contributed by atoms with E-state index in [1.54, 1.807) is 0 Å². The maximum Gasteiger partial charge on any atom is 0.333 e. The molecule has 1 saturated heterocycles. The molecule has 1 aromatic rings. The number of ether oxygens (including phenoxy) is 1. The molecule has 0 amide bonds. The minimum absolute atomic E-state index is 0.562. The monoisotopic (exact) mass is 260 g/mol. The Bertz CT molecular complexity index is 551. The lowest BCUT2D eigenvalue weighted by molar-refractivity contribution is -0.0578. The summed E-state index contributed by atoms with van der Waals surface area (Å²) in [6.45, 7) is -0.562. The van der Waals surface area contributed by atoms with Gasteiger partial charge >= 0.3 is 5.69 Å². The van der Waals surface area contributed by atoms with E-state index in [4.69, 9.17) is 9.84 Å². The van der Waals surface area contributed by atoms with E-state index in [1.165, 1.54) is 0 Å². The molecule has 1 aromatic heterocycles. The zero-order chi connectivity index (χ0) is 13.4. The zero-order valence-corrected chi connectivity index (χ0v) is 9.05. The molecule has 5 N–H and O–H groups in total. The second-order valence-electron chi connectivity index (χ2n) is 3.90. The summed E-state index contributed by atoms with van der Waals surface area (Å²) in [5.41, 5.74) is -1.80. The van der Waals surface area contributed by atoms with Crippen LogP contribution in [0.3, 0.4) is 0 Å². The molecule has 2 rings (SSSR count). The molecule has 2 heterocycles. The molecule has 0 unspecified atom stereocenters. The van der Waals surface area contributed by atoms with E-state index in [2.05, 4.69) is 0 Å². The van der Waals surface area contributed by atoms with Crippen LogP contribution in [0.2, 0.25) is 0 Å². The topological polar surface area (TPSA) is 145 Å². The van der Waals surface area contributed by atoms with Crippen molar-refractivity contribution in [2.75, 3.05) is 6.61 Å². The third-order valence-electron chi connectivity index (χ3n) is 2.73. The number of rotatable bonds is 2. The van der Waals surface area contributed by atoms with Gasteiger partial charge in [-0.15, -0.1) is 0 Å². The number of nitrogens with one attached hydrogen (secondary N) is 1. The van der Waals surface area contributed by atoms with Crippen LogP contribution >= 0.6 is 0 Å². The van der Waals surface area contributed by atoms with Crippen molar-refractivity contribution in [2.24, 2.45) is 0 Å². The molecule has 0 bridgehead atoms. The van der Waals surface area contributed by atoms with Gasteiger partial charge in [-0.25, -0.2) is 9.36 Å². The van der Waals surface area contributed by atoms with Crippen LogP contribution in [0.25, 0.3) is 0 Å². The Morgan fingerprint density at radius 1 is 1.33 bits per heavy atom. The molecule has 1 aliphatic heterocycles. The summed E-state index contributed by atoms with van der Waals surface area (Å²) in [5, 5.41) is 37.6. The van der Waals surface area contributed by atoms with Gasteiger partial charge in [0, 0.05) is 0 Å². The van der Waals surface area contributed by atoms with E-state index in [0.717, 1.165) is 6.07 Å². The summed E-state index contributed by atoms with van der Waals surface area (Å²) >= 11 is 0. The second kappa shape index (κ2) is 4.53. The average molecular weight is 260 g/mol. The molecule has 9 nitrogen and oxygen atoms in total. The van der Waals surface area contributed by atoms with E-state index >= 15 is 0 Å². The molecule has 0 radical (unpaired) electrons. The van der Waals surface area contributed by atoms with Crippen molar-refractivity contribution in [3.63, 3.8) is 0 Å². The molecule has 4 atom stereocenters. The highest BCUT2D eigenvalue weighted by Crippen LogP contribution is 2.29. The lowest BCUT2D eigenvalue weighted by Crippen LogP contribution is -2.37. The predicted octanol–water partition coefficient (Wildman–Crippen LogP) is -3.15. The fraction of sp³-hybridized carbons (Fsp3) is 0.556. The largest absolute Gasteiger partial charge is 0.494 e. The van der Waals surface area contributed by atoms with Crippen LogP contribution in [0.15, 0.2) is 15.7 Å². The first-order chi connectivity index (χ1) is 8.45. The molecule has 9 heteroatoms. The van der Waals surface area contributed by atoms with Crippen molar-refractivity contribution in [2.45, 2.75) is 24.5 Å². The number of aromatic amines is 1. The first-order valence-corrected chi connectivity index (χ1v) is 5.13. The van der Waals surface area contributed by atoms with E-state index in [-0.39, 0.29) is 0 Å². The van der Waals surface area contributed by atoms with E-state index in [0.29, 0.717) is 4.57 Å². The summed E-state index contributed by atoms with van der Waals surface area (Å²) in [6.07, 6.45) is -5.39. The minimum atomic E-state index is -1.52. The van der Waals surface area contributed by atoms with E-state index in [9.17, 15) is 24.9 Å². The van der Waals surface area contributed by atoms with Gasteiger partial charge in [0.15, 0.2) is 6.23 Å². The second-order valence-corrected chi connectivity index (χ2v) is 3.90. The van der Waals surface area contributed by atoms with Crippen molar-refractivity contribution < 1.29 is 25.2 Å². The lowest BCUT2D eigenvalue weighted by Gasteiger charge is -2.17. The van der Waals surface area contributed by atoms with E-state index in [1.807, 2.05) is 4.98 Å². The van der Waals surface area contributed by atoms with Gasteiger partial charge in [-0.1, -0.05) is 0 Å². The van der Waals surface area contributed by atoms with Gasteiger partial charge in [-0.2, -0.15) is 0 Å². The van der Waals surface area contributed by atoms with Crippen molar-refractivity contribution in [3.8, 4) is 5.88 Å². The Morgan fingerprint density at radius 2 is 2.00 bits per heavy atom. The minimum Gasteiger partial charge on any atom is -0.494 e. The SMILES string of the molecule is O=c1cc(O)n([C@@H]2O[C@H](CO)[C@@H](O)[C@H]2O)c(=O)[nH]1. The number of hydrogen-bond donors (Lipinski definition) is 5. The summed E-state index contributed by atoms with van der Waals surface area (Å²) in [7, 11) is 0. The molecule has 0 spiro atoms. The standard InChI is InChI=1S/C9H12N2O7/c12-2-3-6(15)7(16)8(18-3)11-5(14)1-4(13)10-9(11)17/h1,3,6-8,12,14-16H,2H2,(H,10,13,17)/t3-,6-,7-,8-/m1/s1.